The maximum Gasteiger partial charge on any atom is 0.128 e. The number of para-hydroxylation sites is 1. The van der Waals surface area contributed by atoms with E-state index < -0.39 is 0 Å². The van der Waals surface area contributed by atoms with Crippen molar-refractivity contribution in [2.45, 2.75) is 19.9 Å². The van der Waals surface area contributed by atoms with Gasteiger partial charge in [0.25, 0.3) is 0 Å². The van der Waals surface area contributed by atoms with E-state index in [1.807, 2.05) is 24.3 Å². The SMILES string of the molecule is CCCN(Cc1ccccc1O)c1ccc(C#N)cn1. The van der Waals surface area contributed by atoms with Crippen LogP contribution in [0, 0.1) is 11.3 Å². The van der Waals surface area contributed by atoms with Gasteiger partial charge in [0.15, 0.2) is 0 Å². The maximum absolute atomic E-state index is 9.87. The van der Waals surface area contributed by atoms with Crippen LogP contribution >= 0.6 is 0 Å². The van der Waals surface area contributed by atoms with Gasteiger partial charge in [-0.25, -0.2) is 4.98 Å². The van der Waals surface area contributed by atoms with Crippen LogP contribution in [0.3, 0.4) is 0 Å². The van der Waals surface area contributed by atoms with Gasteiger partial charge in [-0.05, 0) is 24.6 Å². The summed E-state index contributed by atoms with van der Waals surface area (Å²) in [7, 11) is 0. The van der Waals surface area contributed by atoms with Crippen molar-refractivity contribution in [2.24, 2.45) is 0 Å². The van der Waals surface area contributed by atoms with Crippen LogP contribution in [0.15, 0.2) is 42.6 Å². The minimum absolute atomic E-state index is 0.294. The zero-order valence-corrected chi connectivity index (χ0v) is 11.5. The molecule has 0 fully saturated rings. The third-order valence-electron chi connectivity index (χ3n) is 3.05. The smallest absolute Gasteiger partial charge is 0.128 e. The predicted octanol–water partition coefficient (Wildman–Crippen LogP) is 3.08. The first-order valence-corrected chi connectivity index (χ1v) is 6.62. The molecule has 2 aromatic rings. The number of anilines is 1. The largest absolute Gasteiger partial charge is 0.508 e. The van der Waals surface area contributed by atoms with Crippen molar-refractivity contribution in [3.8, 4) is 11.8 Å². The lowest BCUT2D eigenvalue weighted by Gasteiger charge is -2.23. The van der Waals surface area contributed by atoms with Crippen molar-refractivity contribution in [3.05, 3.63) is 53.7 Å². The second-order valence-corrected chi connectivity index (χ2v) is 4.57. The third kappa shape index (κ3) is 3.27. The van der Waals surface area contributed by atoms with Crippen LogP contribution in [0.4, 0.5) is 5.82 Å². The molecule has 20 heavy (non-hydrogen) atoms. The van der Waals surface area contributed by atoms with Crippen molar-refractivity contribution in [1.29, 1.82) is 5.26 Å². The summed E-state index contributed by atoms with van der Waals surface area (Å²) in [4.78, 5) is 6.41. The summed E-state index contributed by atoms with van der Waals surface area (Å²) in [6, 6.07) is 13.0. The van der Waals surface area contributed by atoms with E-state index in [9.17, 15) is 5.11 Å². The normalized spacial score (nSPS) is 10.0. The van der Waals surface area contributed by atoms with Crippen LogP contribution in [0.1, 0.15) is 24.5 Å². The number of nitriles is 1. The molecule has 102 valence electrons. The highest BCUT2D eigenvalue weighted by Gasteiger charge is 2.10. The highest BCUT2D eigenvalue weighted by atomic mass is 16.3. The van der Waals surface area contributed by atoms with Crippen LogP contribution in [0.5, 0.6) is 5.75 Å². The van der Waals surface area contributed by atoms with Gasteiger partial charge in [-0.15, -0.1) is 0 Å². The van der Waals surface area contributed by atoms with Gasteiger partial charge < -0.3 is 10.0 Å². The number of nitrogens with zero attached hydrogens (tertiary/aromatic N) is 3. The molecule has 0 bridgehead atoms. The second-order valence-electron chi connectivity index (χ2n) is 4.57. The van der Waals surface area contributed by atoms with Crippen molar-refractivity contribution < 1.29 is 5.11 Å². The summed E-state index contributed by atoms with van der Waals surface area (Å²) in [5, 5.41) is 18.7. The molecule has 0 saturated heterocycles. The van der Waals surface area contributed by atoms with E-state index in [1.54, 1.807) is 18.3 Å². The van der Waals surface area contributed by atoms with Gasteiger partial charge >= 0.3 is 0 Å². The minimum atomic E-state index is 0.294. The fraction of sp³-hybridized carbons (Fsp3) is 0.250. The highest BCUT2D eigenvalue weighted by molar-refractivity contribution is 5.44. The van der Waals surface area contributed by atoms with Crippen molar-refractivity contribution in [1.82, 2.24) is 4.98 Å². The zero-order valence-electron chi connectivity index (χ0n) is 11.5. The number of phenolic OH excluding ortho intramolecular Hbond substituents is 1. The molecule has 0 atom stereocenters. The van der Waals surface area contributed by atoms with Crippen LogP contribution < -0.4 is 4.90 Å². The molecule has 0 aliphatic heterocycles. The Hall–Kier alpha value is -2.54. The van der Waals surface area contributed by atoms with E-state index in [0.717, 1.165) is 24.3 Å². The van der Waals surface area contributed by atoms with Crippen molar-refractivity contribution in [3.63, 3.8) is 0 Å². The molecule has 2 rings (SSSR count). The molecule has 0 aliphatic rings. The van der Waals surface area contributed by atoms with Crippen LogP contribution in [0.25, 0.3) is 0 Å². The molecule has 0 radical (unpaired) electrons. The van der Waals surface area contributed by atoms with E-state index >= 15 is 0 Å². The molecule has 0 amide bonds. The van der Waals surface area contributed by atoms with Gasteiger partial charge in [0.1, 0.15) is 17.6 Å². The van der Waals surface area contributed by atoms with E-state index in [2.05, 4.69) is 22.9 Å². The molecule has 4 nitrogen and oxygen atoms in total. The number of benzene rings is 1. The Morgan fingerprint density at radius 3 is 2.65 bits per heavy atom. The van der Waals surface area contributed by atoms with E-state index in [1.165, 1.54) is 0 Å². The summed E-state index contributed by atoms with van der Waals surface area (Å²) >= 11 is 0. The average molecular weight is 267 g/mol. The fourth-order valence-electron chi connectivity index (χ4n) is 2.03. The average Bonchev–Trinajstić information content (AvgIpc) is 2.49. The summed E-state index contributed by atoms with van der Waals surface area (Å²) in [5.74, 6) is 1.11. The van der Waals surface area contributed by atoms with Gasteiger partial charge in [0, 0.05) is 24.8 Å². The Labute approximate surface area is 118 Å². The predicted molar refractivity (Wildman–Crippen MR) is 78.4 cm³/mol. The number of hydrogen-bond donors (Lipinski definition) is 1. The zero-order chi connectivity index (χ0) is 14.4. The number of pyridine rings is 1. The molecule has 0 spiro atoms. The molecule has 0 saturated carbocycles. The van der Waals surface area contributed by atoms with Crippen molar-refractivity contribution >= 4 is 5.82 Å². The summed E-state index contributed by atoms with van der Waals surface area (Å²) < 4.78 is 0. The van der Waals surface area contributed by atoms with E-state index in [0.29, 0.717) is 17.9 Å². The summed E-state index contributed by atoms with van der Waals surface area (Å²) in [6.07, 6.45) is 2.55. The number of hydrogen-bond acceptors (Lipinski definition) is 4. The molecule has 1 aromatic carbocycles. The Morgan fingerprint density at radius 2 is 2.05 bits per heavy atom. The molecule has 4 heteroatoms. The Morgan fingerprint density at radius 1 is 1.25 bits per heavy atom. The topological polar surface area (TPSA) is 60.1 Å². The first kappa shape index (κ1) is 13.9. The number of rotatable bonds is 5. The van der Waals surface area contributed by atoms with Crippen LogP contribution in [-0.4, -0.2) is 16.6 Å². The highest BCUT2D eigenvalue weighted by Crippen LogP contribution is 2.21. The lowest BCUT2D eigenvalue weighted by atomic mass is 10.2. The summed E-state index contributed by atoms with van der Waals surface area (Å²) in [6.45, 7) is 3.54. The van der Waals surface area contributed by atoms with Gasteiger partial charge in [0.2, 0.25) is 0 Å². The lowest BCUT2D eigenvalue weighted by Crippen LogP contribution is -2.24. The minimum Gasteiger partial charge on any atom is -0.508 e. The van der Waals surface area contributed by atoms with Gasteiger partial charge in [-0.2, -0.15) is 5.26 Å². The maximum atomic E-state index is 9.87. The second kappa shape index (κ2) is 6.58. The quantitative estimate of drug-likeness (QED) is 0.904. The fourth-order valence-corrected chi connectivity index (χ4v) is 2.03. The molecule has 0 unspecified atom stereocenters. The Bertz CT molecular complexity index is 602. The van der Waals surface area contributed by atoms with E-state index in [-0.39, 0.29) is 0 Å². The molecular weight excluding hydrogens is 250 g/mol. The lowest BCUT2D eigenvalue weighted by molar-refractivity contribution is 0.467. The van der Waals surface area contributed by atoms with Crippen molar-refractivity contribution in [2.75, 3.05) is 11.4 Å². The first-order chi connectivity index (χ1) is 9.74. The number of aromatic hydroxyl groups is 1. The summed E-state index contributed by atoms with van der Waals surface area (Å²) in [5.41, 5.74) is 1.42. The number of phenols is 1. The molecule has 1 aromatic heterocycles. The van der Waals surface area contributed by atoms with Gasteiger partial charge in [0.05, 0.1) is 5.56 Å². The first-order valence-electron chi connectivity index (χ1n) is 6.62. The Kier molecular flexibility index (Phi) is 4.56. The molecule has 0 aliphatic carbocycles. The standard InChI is InChI=1S/C16H17N3O/c1-2-9-19(12-14-5-3-4-6-15(14)20)16-8-7-13(10-17)11-18-16/h3-8,11,20H,2,9,12H2,1H3. The molecule has 1 heterocycles. The van der Waals surface area contributed by atoms with E-state index in [4.69, 9.17) is 5.26 Å². The Balaban J connectivity index is 2.22. The monoisotopic (exact) mass is 267 g/mol. The number of aromatic nitrogens is 1. The van der Waals surface area contributed by atoms with Gasteiger partial charge in [-0.3, -0.25) is 0 Å². The molecular formula is C16H17N3O. The van der Waals surface area contributed by atoms with Crippen LogP contribution in [-0.2, 0) is 6.54 Å². The van der Waals surface area contributed by atoms with Crippen LogP contribution in [0.2, 0.25) is 0 Å². The molecule has 1 N–H and O–H groups in total. The third-order valence-corrected chi connectivity index (χ3v) is 3.05. The van der Waals surface area contributed by atoms with Gasteiger partial charge in [-0.1, -0.05) is 25.1 Å².